The fraction of sp³-hybridized carbons (Fsp3) is 0.455. The number of amides is 1. The highest BCUT2D eigenvalue weighted by molar-refractivity contribution is 5.96. The Bertz CT molecular complexity index is 853. The van der Waals surface area contributed by atoms with Gasteiger partial charge in [-0.3, -0.25) is 14.7 Å². The summed E-state index contributed by atoms with van der Waals surface area (Å²) in [5.41, 5.74) is 2.63. The molecular weight excluding hydrogens is 341 g/mol. The van der Waals surface area contributed by atoms with Crippen LogP contribution in [0.3, 0.4) is 0 Å². The molecule has 2 aromatic rings. The molecule has 5 heteroatoms. The molecule has 1 amide bonds. The van der Waals surface area contributed by atoms with Crippen molar-refractivity contribution >= 4 is 5.91 Å². The molecule has 0 spiro atoms. The number of nitrogens with one attached hydrogen (secondary N) is 1. The topological polar surface area (TPSA) is 45.2 Å². The van der Waals surface area contributed by atoms with Crippen LogP contribution in [0.25, 0.3) is 0 Å². The number of pyridine rings is 1. The molecule has 0 saturated carbocycles. The van der Waals surface area contributed by atoms with Gasteiger partial charge in [-0.2, -0.15) is 0 Å². The van der Waals surface area contributed by atoms with E-state index in [-0.39, 0.29) is 23.1 Å². The van der Waals surface area contributed by atoms with Crippen LogP contribution in [0.1, 0.15) is 58.9 Å². The number of halogens is 1. The van der Waals surface area contributed by atoms with Crippen LogP contribution in [0.15, 0.2) is 36.5 Å². The number of aromatic nitrogens is 1. The fourth-order valence-corrected chi connectivity index (χ4v) is 5.10. The van der Waals surface area contributed by atoms with Crippen LogP contribution in [0, 0.1) is 19.7 Å². The third-order valence-corrected chi connectivity index (χ3v) is 6.59. The summed E-state index contributed by atoms with van der Waals surface area (Å²) in [6, 6.07) is 9.14. The lowest BCUT2D eigenvalue weighted by Crippen LogP contribution is -2.51. The minimum Gasteiger partial charge on any atom is -0.343 e. The molecule has 2 bridgehead atoms. The van der Waals surface area contributed by atoms with Crippen LogP contribution < -0.4 is 5.32 Å². The first kappa shape index (κ1) is 18.1. The molecule has 1 aromatic carbocycles. The largest absolute Gasteiger partial charge is 0.343 e. The highest BCUT2D eigenvalue weighted by atomic mass is 19.1. The quantitative estimate of drug-likeness (QED) is 0.890. The van der Waals surface area contributed by atoms with Crippen molar-refractivity contribution in [2.45, 2.75) is 57.2 Å². The van der Waals surface area contributed by atoms with E-state index in [2.05, 4.69) is 22.2 Å². The lowest BCUT2D eigenvalue weighted by Gasteiger charge is -2.41. The first-order valence-corrected chi connectivity index (χ1v) is 9.64. The summed E-state index contributed by atoms with van der Waals surface area (Å²) in [6.07, 6.45) is 6.15. The number of aryl methyl sites for hydroxylation is 2. The summed E-state index contributed by atoms with van der Waals surface area (Å²) in [4.78, 5) is 19.8. The third kappa shape index (κ3) is 2.94. The Hall–Kier alpha value is -2.27. The molecule has 1 N–H and O–H groups in total. The maximum absolute atomic E-state index is 14.4. The van der Waals surface area contributed by atoms with Gasteiger partial charge in [-0.05, 0) is 75.9 Å². The van der Waals surface area contributed by atoms with E-state index in [0.717, 1.165) is 36.9 Å². The molecule has 2 aliphatic heterocycles. The number of carbonyl (C=O) groups is 1. The zero-order valence-electron chi connectivity index (χ0n) is 16.1. The summed E-state index contributed by atoms with van der Waals surface area (Å²) < 4.78 is 14.4. The highest BCUT2D eigenvalue weighted by Gasteiger charge is 2.54. The number of benzene rings is 1. The van der Waals surface area contributed by atoms with Gasteiger partial charge in [-0.15, -0.1) is 0 Å². The predicted molar refractivity (Wildman–Crippen MR) is 103 cm³/mol. The Morgan fingerprint density at radius 3 is 2.63 bits per heavy atom. The van der Waals surface area contributed by atoms with E-state index < -0.39 is 5.82 Å². The minimum absolute atomic E-state index is 0.118. The maximum Gasteiger partial charge on any atom is 0.255 e. The molecule has 3 heterocycles. The SMILES string of the molecule is Cc1cc(C(NC(=O)c2c(C)cccc2F)C23CCC(CC2)N3C)ccn1. The molecule has 2 fully saturated rings. The number of nitrogens with zero attached hydrogens (tertiary/aromatic N) is 2. The van der Waals surface area contributed by atoms with E-state index in [0.29, 0.717) is 11.6 Å². The highest BCUT2D eigenvalue weighted by Crippen LogP contribution is 2.51. The molecule has 4 nitrogen and oxygen atoms in total. The second kappa shape index (κ2) is 6.71. The van der Waals surface area contributed by atoms with Gasteiger partial charge in [-0.25, -0.2) is 4.39 Å². The Labute approximate surface area is 159 Å². The Morgan fingerprint density at radius 1 is 1.30 bits per heavy atom. The minimum atomic E-state index is -0.473. The first-order valence-electron chi connectivity index (χ1n) is 9.64. The molecule has 1 aromatic heterocycles. The van der Waals surface area contributed by atoms with Gasteiger partial charge in [0, 0.05) is 23.5 Å². The smallest absolute Gasteiger partial charge is 0.255 e. The molecule has 2 aliphatic rings. The molecule has 1 atom stereocenters. The van der Waals surface area contributed by atoms with Gasteiger partial charge in [0.05, 0.1) is 11.6 Å². The maximum atomic E-state index is 14.4. The summed E-state index contributed by atoms with van der Waals surface area (Å²) >= 11 is 0. The summed E-state index contributed by atoms with van der Waals surface area (Å²) in [5, 5.41) is 3.20. The van der Waals surface area contributed by atoms with E-state index in [1.165, 1.54) is 6.07 Å². The average molecular weight is 367 g/mol. The number of rotatable bonds is 4. The monoisotopic (exact) mass is 367 g/mol. The normalized spacial score (nSPS) is 25.6. The van der Waals surface area contributed by atoms with Crippen molar-refractivity contribution in [1.82, 2.24) is 15.2 Å². The van der Waals surface area contributed by atoms with Crippen LogP contribution in [-0.2, 0) is 0 Å². The predicted octanol–water partition coefficient (Wildman–Crippen LogP) is 3.94. The number of hydrogen-bond acceptors (Lipinski definition) is 3. The zero-order chi connectivity index (χ0) is 19.2. The van der Waals surface area contributed by atoms with Crippen molar-refractivity contribution in [3.63, 3.8) is 0 Å². The van der Waals surface area contributed by atoms with E-state index in [1.54, 1.807) is 25.3 Å². The van der Waals surface area contributed by atoms with Crippen molar-refractivity contribution in [1.29, 1.82) is 0 Å². The molecule has 4 rings (SSSR count). The van der Waals surface area contributed by atoms with Gasteiger partial charge in [0.25, 0.3) is 5.91 Å². The molecule has 1 unspecified atom stereocenters. The lowest BCUT2D eigenvalue weighted by molar-refractivity contribution is 0.0833. The lowest BCUT2D eigenvalue weighted by atomic mass is 9.78. The number of hydrogen-bond donors (Lipinski definition) is 1. The number of fused-ring (bicyclic) bond motifs is 2. The zero-order valence-corrected chi connectivity index (χ0v) is 16.1. The Balaban J connectivity index is 1.74. The molecular formula is C22H26FN3O. The van der Waals surface area contributed by atoms with Gasteiger partial charge in [0.2, 0.25) is 0 Å². The second-order valence-corrected chi connectivity index (χ2v) is 8.01. The van der Waals surface area contributed by atoms with Crippen molar-refractivity contribution in [3.8, 4) is 0 Å². The van der Waals surface area contributed by atoms with Gasteiger partial charge in [-0.1, -0.05) is 12.1 Å². The van der Waals surface area contributed by atoms with Crippen molar-refractivity contribution in [2.75, 3.05) is 7.05 Å². The summed E-state index contributed by atoms with van der Waals surface area (Å²) in [6.45, 7) is 3.73. The average Bonchev–Trinajstić information content (AvgIpc) is 3.12. The van der Waals surface area contributed by atoms with E-state index >= 15 is 0 Å². The van der Waals surface area contributed by atoms with Crippen LogP contribution >= 0.6 is 0 Å². The van der Waals surface area contributed by atoms with Crippen LogP contribution in [0.2, 0.25) is 0 Å². The van der Waals surface area contributed by atoms with Crippen LogP contribution in [-0.4, -0.2) is 34.4 Å². The number of carbonyl (C=O) groups excluding carboxylic acids is 1. The van der Waals surface area contributed by atoms with Crippen LogP contribution in [0.5, 0.6) is 0 Å². The number of likely N-dealkylation sites (N-methyl/N-ethyl adjacent to an activating group) is 1. The summed E-state index contributed by atoms with van der Waals surface area (Å²) in [7, 11) is 2.16. The summed E-state index contributed by atoms with van der Waals surface area (Å²) in [5.74, 6) is -0.818. The molecule has 27 heavy (non-hydrogen) atoms. The van der Waals surface area contributed by atoms with E-state index in [9.17, 15) is 9.18 Å². The first-order chi connectivity index (χ1) is 12.9. The van der Waals surface area contributed by atoms with Gasteiger partial charge >= 0.3 is 0 Å². The van der Waals surface area contributed by atoms with E-state index in [1.807, 2.05) is 19.1 Å². The third-order valence-electron chi connectivity index (χ3n) is 6.59. The van der Waals surface area contributed by atoms with Gasteiger partial charge in [0.1, 0.15) is 5.82 Å². The van der Waals surface area contributed by atoms with Crippen LogP contribution in [0.4, 0.5) is 4.39 Å². The molecule has 0 aliphatic carbocycles. The Morgan fingerprint density at radius 2 is 2.04 bits per heavy atom. The van der Waals surface area contributed by atoms with E-state index in [4.69, 9.17) is 0 Å². The second-order valence-electron chi connectivity index (χ2n) is 8.01. The van der Waals surface area contributed by atoms with Crippen molar-refractivity contribution < 1.29 is 9.18 Å². The van der Waals surface area contributed by atoms with Crippen molar-refractivity contribution in [2.24, 2.45) is 0 Å². The molecule has 0 radical (unpaired) electrons. The van der Waals surface area contributed by atoms with Crippen molar-refractivity contribution in [3.05, 3.63) is 64.7 Å². The van der Waals surface area contributed by atoms with Gasteiger partial charge in [0.15, 0.2) is 0 Å². The Kier molecular flexibility index (Phi) is 4.50. The molecule has 2 saturated heterocycles. The standard InChI is InChI=1S/C22H26FN3O/c1-14-5-4-6-18(23)19(14)21(27)25-20(16-9-12-24-15(2)13-16)22-10-7-17(8-11-22)26(22)3/h4-6,9,12-13,17,20H,7-8,10-11H2,1-3H3,(H,25,27). The van der Waals surface area contributed by atoms with Gasteiger partial charge < -0.3 is 5.32 Å². The molecule has 142 valence electrons. The fourth-order valence-electron chi connectivity index (χ4n) is 5.10.